The van der Waals surface area contributed by atoms with Crippen molar-refractivity contribution in [3.63, 3.8) is 0 Å². The maximum atomic E-state index is 11.7. The summed E-state index contributed by atoms with van der Waals surface area (Å²) in [6, 6.07) is 7.56. The van der Waals surface area contributed by atoms with Gasteiger partial charge in [0, 0.05) is 6.54 Å². The van der Waals surface area contributed by atoms with Crippen molar-refractivity contribution in [2.75, 3.05) is 25.7 Å². The van der Waals surface area contributed by atoms with Crippen LogP contribution in [0, 0.1) is 0 Å². The van der Waals surface area contributed by atoms with Crippen molar-refractivity contribution in [1.29, 1.82) is 0 Å². The van der Waals surface area contributed by atoms with Gasteiger partial charge in [-0.3, -0.25) is 0 Å². The van der Waals surface area contributed by atoms with Gasteiger partial charge in [0.2, 0.25) is 0 Å². The zero-order chi connectivity index (χ0) is 12.3. The third kappa shape index (κ3) is 2.20. The normalized spacial score (nSPS) is 19.2. The van der Waals surface area contributed by atoms with E-state index in [0.717, 1.165) is 30.8 Å². The van der Waals surface area contributed by atoms with E-state index in [1.165, 1.54) is 7.11 Å². The van der Waals surface area contributed by atoms with Crippen molar-refractivity contribution in [2.24, 2.45) is 0 Å². The number of nitrogens with zero attached hydrogens (tertiary/aromatic N) is 1. The first-order chi connectivity index (χ1) is 8.27. The van der Waals surface area contributed by atoms with Crippen LogP contribution in [0.25, 0.3) is 0 Å². The monoisotopic (exact) mass is 235 g/mol. The van der Waals surface area contributed by atoms with Crippen molar-refractivity contribution < 1.29 is 14.3 Å². The molecule has 0 radical (unpaired) electrons. The zero-order valence-electron chi connectivity index (χ0n) is 10.2. The molecule has 1 fully saturated rings. The highest BCUT2D eigenvalue weighted by atomic mass is 16.5. The summed E-state index contributed by atoms with van der Waals surface area (Å²) >= 11 is 0. The van der Waals surface area contributed by atoms with Gasteiger partial charge in [0.05, 0.1) is 19.9 Å². The molecule has 0 amide bonds. The first kappa shape index (κ1) is 11.8. The van der Waals surface area contributed by atoms with Crippen LogP contribution in [0.2, 0.25) is 0 Å². The average Bonchev–Trinajstić information content (AvgIpc) is 2.86. The van der Waals surface area contributed by atoms with Crippen LogP contribution in [0.1, 0.15) is 12.8 Å². The number of para-hydroxylation sites is 2. The Bertz CT molecular complexity index is 405. The standard InChI is InChI=1S/C13H17NO3/c1-16-12-8-4-3-6-10(12)14-9-5-7-11(14)13(15)17-2/h3-4,6,8,11H,5,7,9H2,1-2H3/t11-/m0/s1. The molecule has 0 bridgehead atoms. The molecule has 1 aromatic rings. The van der Waals surface area contributed by atoms with Gasteiger partial charge in [0.1, 0.15) is 11.8 Å². The van der Waals surface area contributed by atoms with E-state index in [-0.39, 0.29) is 12.0 Å². The molecule has 0 spiro atoms. The molecular formula is C13H17NO3. The molecule has 0 aromatic heterocycles. The van der Waals surface area contributed by atoms with E-state index < -0.39 is 0 Å². The number of hydrogen-bond acceptors (Lipinski definition) is 4. The van der Waals surface area contributed by atoms with E-state index in [4.69, 9.17) is 9.47 Å². The molecule has 1 aliphatic rings. The molecule has 4 nitrogen and oxygen atoms in total. The Kier molecular flexibility index (Phi) is 3.52. The van der Waals surface area contributed by atoms with Gasteiger partial charge in [-0.05, 0) is 25.0 Å². The van der Waals surface area contributed by atoms with Gasteiger partial charge in [-0.2, -0.15) is 0 Å². The van der Waals surface area contributed by atoms with Gasteiger partial charge in [-0.1, -0.05) is 12.1 Å². The molecule has 1 aliphatic heterocycles. The molecule has 0 saturated carbocycles. The topological polar surface area (TPSA) is 38.8 Å². The number of carbonyl (C=O) groups is 1. The number of carbonyl (C=O) groups excluding carboxylic acids is 1. The SMILES string of the molecule is COC(=O)[C@@H]1CCCN1c1ccccc1OC. The van der Waals surface area contributed by atoms with Crippen LogP contribution < -0.4 is 9.64 Å². The fourth-order valence-corrected chi connectivity index (χ4v) is 2.30. The Morgan fingerprint density at radius 2 is 2.12 bits per heavy atom. The van der Waals surface area contributed by atoms with Gasteiger partial charge >= 0.3 is 5.97 Å². The van der Waals surface area contributed by atoms with Gasteiger partial charge in [0.15, 0.2) is 0 Å². The molecule has 2 rings (SSSR count). The highest BCUT2D eigenvalue weighted by Crippen LogP contribution is 2.33. The van der Waals surface area contributed by atoms with Gasteiger partial charge in [-0.15, -0.1) is 0 Å². The fourth-order valence-electron chi connectivity index (χ4n) is 2.30. The maximum absolute atomic E-state index is 11.7. The molecule has 1 atom stereocenters. The number of esters is 1. The third-order valence-corrected chi connectivity index (χ3v) is 3.12. The Labute approximate surface area is 101 Å². The van der Waals surface area contributed by atoms with E-state index in [2.05, 4.69) is 4.90 Å². The summed E-state index contributed by atoms with van der Waals surface area (Å²) in [6.07, 6.45) is 1.84. The fraction of sp³-hybridized carbons (Fsp3) is 0.462. The van der Waals surface area contributed by atoms with E-state index in [1.807, 2.05) is 24.3 Å². The number of rotatable bonds is 3. The second kappa shape index (κ2) is 5.08. The van der Waals surface area contributed by atoms with Gasteiger partial charge < -0.3 is 14.4 Å². The first-order valence-corrected chi connectivity index (χ1v) is 5.75. The molecule has 0 N–H and O–H groups in total. The van der Waals surface area contributed by atoms with Crippen molar-refractivity contribution in [3.05, 3.63) is 24.3 Å². The highest BCUT2D eigenvalue weighted by molar-refractivity contribution is 5.81. The molecule has 4 heteroatoms. The molecule has 0 aliphatic carbocycles. The molecule has 1 heterocycles. The van der Waals surface area contributed by atoms with Crippen molar-refractivity contribution >= 4 is 11.7 Å². The predicted octanol–water partition coefficient (Wildman–Crippen LogP) is 1.84. The van der Waals surface area contributed by atoms with E-state index >= 15 is 0 Å². The number of methoxy groups -OCH3 is 2. The highest BCUT2D eigenvalue weighted by Gasteiger charge is 2.32. The van der Waals surface area contributed by atoms with E-state index in [9.17, 15) is 4.79 Å². The molecule has 1 saturated heterocycles. The zero-order valence-corrected chi connectivity index (χ0v) is 10.2. The maximum Gasteiger partial charge on any atom is 0.328 e. The Morgan fingerprint density at radius 3 is 2.82 bits per heavy atom. The summed E-state index contributed by atoms with van der Waals surface area (Å²) < 4.78 is 10.2. The second-order valence-corrected chi connectivity index (χ2v) is 4.05. The summed E-state index contributed by atoms with van der Waals surface area (Å²) in [4.78, 5) is 13.8. The molecule has 92 valence electrons. The Hall–Kier alpha value is -1.71. The second-order valence-electron chi connectivity index (χ2n) is 4.05. The van der Waals surface area contributed by atoms with Crippen LogP contribution in [0.15, 0.2) is 24.3 Å². The minimum absolute atomic E-state index is 0.173. The Balaban J connectivity index is 2.29. The van der Waals surface area contributed by atoms with Gasteiger partial charge in [0.25, 0.3) is 0 Å². The number of benzene rings is 1. The van der Waals surface area contributed by atoms with Crippen molar-refractivity contribution in [1.82, 2.24) is 0 Å². The van der Waals surface area contributed by atoms with Gasteiger partial charge in [-0.25, -0.2) is 4.79 Å². The lowest BCUT2D eigenvalue weighted by Crippen LogP contribution is -2.37. The van der Waals surface area contributed by atoms with Crippen LogP contribution in [0.3, 0.4) is 0 Å². The summed E-state index contributed by atoms with van der Waals surface area (Å²) in [5.41, 5.74) is 0.961. The number of hydrogen-bond donors (Lipinski definition) is 0. The van der Waals surface area contributed by atoms with Crippen LogP contribution in [0.5, 0.6) is 5.75 Å². The van der Waals surface area contributed by atoms with Crippen LogP contribution in [-0.2, 0) is 9.53 Å². The largest absolute Gasteiger partial charge is 0.495 e. The van der Waals surface area contributed by atoms with E-state index in [1.54, 1.807) is 7.11 Å². The third-order valence-electron chi connectivity index (χ3n) is 3.12. The first-order valence-electron chi connectivity index (χ1n) is 5.75. The quantitative estimate of drug-likeness (QED) is 0.749. The smallest absolute Gasteiger partial charge is 0.328 e. The van der Waals surface area contributed by atoms with Crippen molar-refractivity contribution in [2.45, 2.75) is 18.9 Å². The predicted molar refractivity (Wildman–Crippen MR) is 65.4 cm³/mol. The minimum atomic E-state index is -0.184. The Morgan fingerprint density at radius 1 is 1.35 bits per heavy atom. The molecular weight excluding hydrogens is 218 g/mol. The lowest BCUT2D eigenvalue weighted by atomic mass is 10.2. The molecule has 17 heavy (non-hydrogen) atoms. The molecule has 0 unspecified atom stereocenters. The van der Waals surface area contributed by atoms with Crippen molar-refractivity contribution in [3.8, 4) is 5.75 Å². The lowest BCUT2D eigenvalue weighted by molar-refractivity contribution is -0.141. The summed E-state index contributed by atoms with van der Waals surface area (Å²) in [5.74, 6) is 0.622. The summed E-state index contributed by atoms with van der Waals surface area (Å²) in [7, 11) is 3.07. The minimum Gasteiger partial charge on any atom is -0.495 e. The number of ether oxygens (including phenoxy) is 2. The molecule has 1 aromatic carbocycles. The van der Waals surface area contributed by atoms with Crippen LogP contribution in [0.4, 0.5) is 5.69 Å². The average molecular weight is 235 g/mol. The number of anilines is 1. The summed E-state index contributed by atoms with van der Waals surface area (Å²) in [6.45, 7) is 0.861. The van der Waals surface area contributed by atoms with E-state index in [0.29, 0.717) is 0 Å². The summed E-state index contributed by atoms with van der Waals surface area (Å²) in [5, 5.41) is 0. The lowest BCUT2D eigenvalue weighted by Gasteiger charge is -2.26. The van der Waals surface area contributed by atoms with Crippen LogP contribution >= 0.6 is 0 Å². The van der Waals surface area contributed by atoms with Crippen LogP contribution in [-0.4, -0.2) is 32.8 Å².